The largest absolute Gasteiger partial charge is 0.317 e. The van der Waals surface area contributed by atoms with E-state index in [0.29, 0.717) is 24.1 Å². The molecule has 1 saturated carbocycles. The predicted molar refractivity (Wildman–Crippen MR) is 116 cm³/mol. The van der Waals surface area contributed by atoms with Gasteiger partial charge in [0, 0.05) is 29.9 Å². The van der Waals surface area contributed by atoms with Gasteiger partial charge in [0.25, 0.3) is 0 Å². The van der Waals surface area contributed by atoms with Gasteiger partial charge in [0.15, 0.2) is 0 Å². The smallest absolute Gasteiger partial charge is 0.226 e. The number of fused-ring (bicyclic) bond motifs is 2. The van der Waals surface area contributed by atoms with Crippen LogP contribution in [0.2, 0.25) is 0 Å². The van der Waals surface area contributed by atoms with E-state index >= 15 is 0 Å². The molecule has 29 heavy (non-hydrogen) atoms. The topological polar surface area (TPSA) is 56.1 Å². The molecule has 3 aliphatic rings. The first kappa shape index (κ1) is 18.8. The van der Waals surface area contributed by atoms with E-state index < -0.39 is 0 Å². The number of aryl methyl sites for hydroxylation is 2. The molecule has 3 aliphatic carbocycles. The summed E-state index contributed by atoms with van der Waals surface area (Å²) in [5.74, 6) is 0.0381. The molecule has 1 amide bonds. The third-order valence-electron chi connectivity index (χ3n) is 6.64. The number of thiophene rings is 1. The highest BCUT2D eigenvalue weighted by atomic mass is 32.1. The minimum Gasteiger partial charge on any atom is -0.317 e. The summed E-state index contributed by atoms with van der Waals surface area (Å²) in [6.07, 6.45) is 9.71. The lowest BCUT2D eigenvalue weighted by Gasteiger charge is -2.36. The van der Waals surface area contributed by atoms with E-state index in [4.69, 9.17) is 0 Å². The van der Waals surface area contributed by atoms with Gasteiger partial charge in [-0.3, -0.25) is 9.69 Å². The molecule has 1 N–H and O–H groups in total. The number of benzene rings is 1. The second kappa shape index (κ2) is 7.93. The predicted octanol–water partition coefficient (Wildman–Crippen LogP) is 4.98. The zero-order chi connectivity index (χ0) is 19.8. The number of hydrogen-bond acceptors (Lipinski definition) is 4. The van der Waals surface area contributed by atoms with Crippen LogP contribution in [-0.2, 0) is 24.1 Å². The number of carbonyl (C=O) groups is 1. The number of nitrogens with one attached hydrogen (secondary N) is 1. The number of rotatable bonds is 6. The van der Waals surface area contributed by atoms with Crippen molar-refractivity contribution >= 4 is 22.2 Å². The van der Waals surface area contributed by atoms with Crippen molar-refractivity contribution in [2.45, 2.75) is 69.9 Å². The van der Waals surface area contributed by atoms with Gasteiger partial charge in [0.05, 0.1) is 5.56 Å². The Labute approximate surface area is 176 Å². The fraction of sp³-hybridized carbons (Fsp3) is 0.500. The van der Waals surface area contributed by atoms with Crippen LogP contribution in [0.4, 0.5) is 5.00 Å². The molecule has 1 aromatic carbocycles. The maximum absolute atomic E-state index is 12.7. The summed E-state index contributed by atoms with van der Waals surface area (Å²) in [4.78, 5) is 16.6. The highest BCUT2D eigenvalue weighted by Crippen LogP contribution is 2.41. The molecule has 1 heterocycles. The Morgan fingerprint density at radius 1 is 1.17 bits per heavy atom. The zero-order valence-corrected chi connectivity index (χ0v) is 17.6. The SMILES string of the molecule is N#Cc1c(NC(=O)CCN(C2CC2)C2CCCc3ccccc32)sc2c1CCC2. The molecule has 0 aliphatic heterocycles. The third kappa shape index (κ3) is 3.72. The van der Waals surface area contributed by atoms with Gasteiger partial charge in [-0.05, 0) is 68.1 Å². The molecule has 150 valence electrons. The fourth-order valence-electron chi connectivity index (χ4n) is 5.10. The summed E-state index contributed by atoms with van der Waals surface area (Å²) < 4.78 is 0. The van der Waals surface area contributed by atoms with Crippen molar-refractivity contribution in [2.24, 2.45) is 0 Å². The van der Waals surface area contributed by atoms with Gasteiger partial charge in [-0.15, -0.1) is 11.3 Å². The standard InChI is InChI=1S/C24H27N3OS/c25-15-20-19-8-4-10-22(19)29-24(20)26-23(28)13-14-27(17-11-12-17)21-9-3-6-16-5-1-2-7-18(16)21/h1-2,5,7,17,21H,3-4,6,8-14H2,(H,26,28). The van der Waals surface area contributed by atoms with Gasteiger partial charge >= 0.3 is 0 Å². The second-order valence-electron chi connectivity index (χ2n) is 8.55. The first-order valence-corrected chi connectivity index (χ1v) is 11.7. The summed E-state index contributed by atoms with van der Waals surface area (Å²) in [5.41, 5.74) is 4.82. The second-order valence-corrected chi connectivity index (χ2v) is 9.65. The molecule has 1 aromatic heterocycles. The summed E-state index contributed by atoms with van der Waals surface area (Å²) in [7, 11) is 0. The first-order chi connectivity index (χ1) is 14.2. The van der Waals surface area contributed by atoms with Crippen LogP contribution in [0.25, 0.3) is 0 Å². The summed E-state index contributed by atoms with van der Waals surface area (Å²) in [6, 6.07) is 12.2. The number of anilines is 1. The lowest BCUT2D eigenvalue weighted by molar-refractivity contribution is -0.116. The molecular formula is C24H27N3OS. The molecule has 4 nitrogen and oxygen atoms in total. The lowest BCUT2D eigenvalue weighted by atomic mass is 9.86. The monoisotopic (exact) mass is 405 g/mol. The minimum atomic E-state index is 0.0381. The molecule has 5 heteroatoms. The van der Waals surface area contributed by atoms with E-state index in [-0.39, 0.29) is 5.91 Å². The molecule has 1 unspecified atom stereocenters. The van der Waals surface area contributed by atoms with Gasteiger partial charge in [0.1, 0.15) is 11.1 Å². The molecule has 0 bridgehead atoms. The molecule has 0 radical (unpaired) electrons. The van der Waals surface area contributed by atoms with Crippen molar-refractivity contribution in [3.8, 4) is 6.07 Å². The van der Waals surface area contributed by atoms with Crippen LogP contribution in [-0.4, -0.2) is 23.4 Å². The number of nitrogens with zero attached hydrogens (tertiary/aromatic N) is 2. The molecule has 5 rings (SSSR count). The summed E-state index contributed by atoms with van der Waals surface area (Å²) >= 11 is 1.61. The molecule has 1 fully saturated rings. The molecule has 0 saturated heterocycles. The Bertz CT molecular complexity index is 969. The fourth-order valence-corrected chi connectivity index (χ4v) is 6.36. The van der Waals surface area contributed by atoms with Crippen molar-refractivity contribution in [2.75, 3.05) is 11.9 Å². The van der Waals surface area contributed by atoms with E-state index in [0.717, 1.165) is 30.8 Å². The van der Waals surface area contributed by atoms with Crippen LogP contribution in [0.1, 0.15) is 71.7 Å². The number of amides is 1. The minimum absolute atomic E-state index is 0.0381. The van der Waals surface area contributed by atoms with Gasteiger partial charge in [-0.25, -0.2) is 0 Å². The van der Waals surface area contributed by atoms with Crippen LogP contribution in [0, 0.1) is 11.3 Å². The Morgan fingerprint density at radius 3 is 2.86 bits per heavy atom. The summed E-state index contributed by atoms with van der Waals surface area (Å²) in [5, 5.41) is 13.4. The number of nitriles is 1. The molecule has 2 aromatic rings. The van der Waals surface area contributed by atoms with Crippen molar-refractivity contribution in [1.29, 1.82) is 5.26 Å². The van der Waals surface area contributed by atoms with E-state index in [1.54, 1.807) is 11.3 Å². The van der Waals surface area contributed by atoms with Crippen LogP contribution < -0.4 is 5.32 Å². The Morgan fingerprint density at radius 2 is 2.03 bits per heavy atom. The van der Waals surface area contributed by atoms with Gasteiger partial charge < -0.3 is 5.32 Å². The van der Waals surface area contributed by atoms with Crippen molar-refractivity contribution in [3.63, 3.8) is 0 Å². The van der Waals surface area contributed by atoms with Gasteiger partial charge in [0.2, 0.25) is 5.91 Å². The molecule has 0 spiro atoms. The van der Waals surface area contributed by atoms with E-state index in [1.165, 1.54) is 53.7 Å². The lowest BCUT2D eigenvalue weighted by Crippen LogP contribution is -2.35. The van der Waals surface area contributed by atoms with Crippen molar-refractivity contribution in [3.05, 3.63) is 51.4 Å². The maximum Gasteiger partial charge on any atom is 0.226 e. The quantitative estimate of drug-likeness (QED) is 0.737. The number of hydrogen-bond donors (Lipinski definition) is 1. The van der Waals surface area contributed by atoms with Crippen LogP contribution in [0.5, 0.6) is 0 Å². The highest BCUT2D eigenvalue weighted by Gasteiger charge is 2.36. The van der Waals surface area contributed by atoms with Crippen molar-refractivity contribution in [1.82, 2.24) is 4.90 Å². The van der Waals surface area contributed by atoms with Crippen LogP contribution >= 0.6 is 11.3 Å². The molecular weight excluding hydrogens is 378 g/mol. The highest BCUT2D eigenvalue weighted by molar-refractivity contribution is 7.16. The van der Waals surface area contributed by atoms with Gasteiger partial charge in [-0.2, -0.15) is 5.26 Å². The zero-order valence-electron chi connectivity index (χ0n) is 16.7. The molecule has 1 atom stereocenters. The average molecular weight is 406 g/mol. The Kier molecular flexibility index (Phi) is 5.15. The number of carbonyl (C=O) groups excluding carboxylic acids is 1. The average Bonchev–Trinajstić information content (AvgIpc) is 3.38. The summed E-state index contributed by atoms with van der Waals surface area (Å²) in [6.45, 7) is 0.794. The van der Waals surface area contributed by atoms with E-state index in [1.807, 2.05) is 0 Å². The van der Waals surface area contributed by atoms with E-state index in [9.17, 15) is 10.1 Å². The van der Waals surface area contributed by atoms with Gasteiger partial charge in [-0.1, -0.05) is 24.3 Å². The third-order valence-corrected chi connectivity index (χ3v) is 7.84. The van der Waals surface area contributed by atoms with Crippen molar-refractivity contribution < 1.29 is 4.79 Å². The van der Waals surface area contributed by atoms with Crippen LogP contribution in [0.15, 0.2) is 24.3 Å². The normalized spacial score (nSPS) is 20.2. The Balaban J connectivity index is 1.27. The van der Waals surface area contributed by atoms with E-state index in [2.05, 4.69) is 40.6 Å². The maximum atomic E-state index is 12.7. The Hall–Kier alpha value is -2.16. The van der Waals surface area contributed by atoms with Crippen LogP contribution in [0.3, 0.4) is 0 Å². The first-order valence-electron chi connectivity index (χ1n) is 10.9.